The fourth-order valence-electron chi connectivity index (χ4n) is 5.22. The largest absolute Gasteiger partial charge is 0.465 e. The fourth-order valence-corrected chi connectivity index (χ4v) is 6.21. The molecule has 0 fully saturated rings. The average Bonchev–Trinajstić information content (AvgIpc) is 3.64. The fraction of sp³-hybridized carbons (Fsp3) is 0.424. The third-order valence-electron chi connectivity index (χ3n) is 7.98. The highest BCUT2D eigenvalue weighted by atomic mass is 35.5. The number of unbranched alkanes of at least 4 members (excludes halogenated alkanes) is 1. The molecule has 0 aliphatic heterocycles. The summed E-state index contributed by atoms with van der Waals surface area (Å²) in [6.07, 6.45) is 6.74. The molecule has 2 heterocycles. The van der Waals surface area contributed by atoms with Crippen LogP contribution in [0.5, 0.6) is 0 Å². The molecule has 0 aliphatic rings. The Labute approximate surface area is 278 Å². The first-order chi connectivity index (χ1) is 21.6. The van der Waals surface area contributed by atoms with Gasteiger partial charge >= 0.3 is 5.97 Å². The van der Waals surface area contributed by atoms with E-state index in [1.807, 2.05) is 32.0 Å². The molecule has 4 aromatic rings. The molecule has 3 unspecified atom stereocenters. The SMILES string of the molecule is CCCCOC(=O)C(CC(C)c1ccccc1)CC(C)(CC)OCNc1[nH]n(-c2c(Cl)cc(Cl)cc2Cl)c(=O)c1-n1cccn1. The summed E-state index contributed by atoms with van der Waals surface area (Å²) in [5, 5.41) is 11.3. The lowest BCUT2D eigenvalue weighted by Crippen LogP contribution is -2.36. The number of nitrogens with one attached hydrogen (secondary N) is 2. The van der Waals surface area contributed by atoms with Crippen LogP contribution in [0.2, 0.25) is 15.1 Å². The molecule has 2 N–H and O–H groups in total. The molecule has 12 heteroatoms. The molecule has 0 spiro atoms. The Hall–Kier alpha value is -3.24. The van der Waals surface area contributed by atoms with E-state index in [9.17, 15) is 9.59 Å². The predicted molar refractivity (Wildman–Crippen MR) is 180 cm³/mol. The van der Waals surface area contributed by atoms with Crippen molar-refractivity contribution >= 4 is 46.6 Å². The zero-order chi connectivity index (χ0) is 32.6. The summed E-state index contributed by atoms with van der Waals surface area (Å²) < 4.78 is 14.8. The van der Waals surface area contributed by atoms with Crippen molar-refractivity contribution < 1.29 is 14.3 Å². The number of ether oxygens (including phenoxy) is 2. The molecule has 0 amide bonds. The van der Waals surface area contributed by atoms with Crippen LogP contribution in [0.15, 0.2) is 65.7 Å². The van der Waals surface area contributed by atoms with E-state index in [0.717, 1.165) is 12.8 Å². The summed E-state index contributed by atoms with van der Waals surface area (Å²) in [7, 11) is 0. The second kappa shape index (κ2) is 15.9. The van der Waals surface area contributed by atoms with Crippen LogP contribution in [0.1, 0.15) is 71.3 Å². The van der Waals surface area contributed by atoms with Crippen molar-refractivity contribution in [1.82, 2.24) is 19.6 Å². The first-order valence-electron chi connectivity index (χ1n) is 15.2. The van der Waals surface area contributed by atoms with Gasteiger partial charge in [0.05, 0.1) is 28.2 Å². The van der Waals surface area contributed by atoms with Gasteiger partial charge in [0.25, 0.3) is 5.56 Å². The monoisotopic (exact) mass is 675 g/mol. The Bertz CT molecular complexity index is 1580. The van der Waals surface area contributed by atoms with Crippen LogP contribution in [0.25, 0.3) is 11.4 Å². The highest BCUT2D eigenvalue weighted by molar-refractivity contribution is 6.40. The minimum atomic E-state index is -0.671. The number of nitrogens with zero attached hydrogens (tertiary/aromatic N) is 3. The highest BCUT2D eigenvalue weighted by Crippen LogP contribution is 2.34. The summed E-state index contributed by atoms with van der Waals surface area (Å²) in [6, 6.07) is 14.9. The van der Waals surface area contributed by atoms with Gasteiger partial charge in [-0.3, -0.25) is 14.7 Å². The van der Waals surface area contributed by atoms with Crippen LogP contribution < -0.4 is 10.9 Å². The lowest BCUT2D eigenvalue weighted by atomic mass is 9.82. The van der Waals surface area contributed by atoms with Crippen molar-refractivity contribution in [3.8, 4) is 11.4 Å². The molecule has 4 rings (SSSR count). The second-order valence-corrected chi connectivity index (χ2v) is 12.6. The number of aromatic amines is 1. The Morgan fingerprint density at radius 1 is 1.09 bits per heavy atom. The average molecular weight is 677 g/mol. The Morgan fingerprint density at radius 3 is 2.42 bits per heavy atom. The van der Waals surface area contributed by atoms with Crippen LogP contribution in [-0.4, -0.2) is 44.5 Å². The first-order valence-corrected chi connectivity index (χ1v) is 16.3. The number of carbonyl (C=O) groups excluding carboxylic acids is 1. The number of carbonyl (C=O) groups is 1. The van der Waals surface area contributed by atoms with Crippen molar-refractivity contribution in [3.63, 3.8) is 0 Å². The number of aromatic nitrogens is 4. The molecule has 2 aromatic carbocycles. The summed E-state index contributed by atoms with van der Waals surface area (Å²) in [4.78, 5) is 27.0. The molecule has 0 radical (unpaired) electrons. The maximum absolute atomic E-state index is 13.6. The molecule has 3 atom stereocenters. The van der Waals surface area contributed by atoms with Gasteiger partial charge in [0.15, 0.2) is 11.5 Å². The van der Waals surface area contributed by atoms with Gasteiger partial charge in [-0.2, -0.15) is 5.10 Å². The maximum Gasteiger partial charge on any atom is 0.309 e. The van der Waals surface area contributed by atoms with Crippen molar-refractivity contribution in [3.05, 3.63) is 91.9 Å². The van der Waals surface area contributed by atoms with E-state index in [4.69, 9.17) is 44.3 Å². The summed E-state index contributed by atoms with van der Waals surface area (Å²) in [6.45, 7) is 8.65. The predicted octanol–water partition coefficient (Wildman–Crippen LogP) is 8.41. The van der Waals surface area contributed by atoms with E-state index in [1.165, 1.54) is 27.1 Å². The normalized spacial score (nSPS) is 14.1. The smallest absolute Gasteiger partial charge is 0.309 e. The van der Waals surface area contributed by atoms with Crippen LogP contribution in [0, 0.1) is 5.92 Å². The lowest BCUT2D eigenvalue weighted by molar-refractivity contribution is -0.152. The number of rotatable bonds is 16. The van der Waals surface area contributed by atoms with Crippen molar-refractivity contribution in [2.24, 2.45) is 5.92 Å². The molecule has 0 saturated carbocycles. The van der Waals surface area contributed by atoms with Crippen molar-refractivity contribution in [1.29, 1.82) is 0 Å². The molecule has 2 aromatic heterocycles. The number of halogens is 3. The molecule has 0 bridgehead atoms. The van der Waals surface area contributed by atoms with E-state index in [0.29, 0.717) is 36.7 Å². The molecular formula is C33H40Cl3N5O4. The van der Waals surface area contributed by atoms with Gasteiger partial charge in [-0.05, 0) is 62.3 Å². The quantitative estimate of drug-likeness (QED) is 0.0702. The van der Waals surface area contributed by atoms with Gasteiger partial charge in [-0.15, -0.1) is 0 Å². The molecule has 0 saturated heterocycles. The minimum absolute atomic E-state index is 0.0342. The molecule has 242 valence electrons. The van der Waals surface area contributed by atoms with Gasteiger partial charge < -0.3 is 14.8 Å². The summed E-state index contributed by atoms with van der Waals surface area (Å²) in [5.41, 5.74) is 0.541. The van der Waals surface area contributed by atoms with E-state index in [1.54, 1.807) is 18.5 Å². The highest BCUT2D eigenvalue weighted by Gasteiger charge is 2.33. The zero-order valence-electron chi connectivity index (χ0n) is 26.0. The molecule has 0 aliphatic carbocycles. The van der Waals surface area contributed by atoms with Crippen LogP contribution in [0.4, 0.5) is 5.82 Å². The summed E-state index contributed by atoms with van der Waals surface area (Å²) in [5.74, 6) is -0.0714. The van der Waals surface area contributed by atoms with Gasteiger partial charge in [-0.25, -0.2) is 9.36 Å². The lowest BCUT2D eigenvalue weighted by Gasteiger charge is -2.33. The first kappa shape index (κ1) is 34.6. The Kier molecular flexibility index (Phi) is 12.2. The number of H-pyrrole nitrogens is 1. The van der Waals surface area contributed by atoms with Crippen LogP contribution in [-0.2, 0) is 14.3 Å². The number of benzene rings is 2. The molecule has 9 nitrogen and oxygen atoms in total. The zero-order valence-corrected chi connectivity index (χ0v) is 28.3. The van der Waals surface area contributed by atoms with Gasteiger partial charge in [-0.1, -0.05) is 92.3 Å². The minimum Gasteiger partial charge on any atom is -0.465 e. The number of hydrogen-bond donors (Lipinski definition) is 2. The second-order valence-electron chi connectivity index (χ2n) is 11.4. The third kappa shape index (κ3) is 8.73. The van der Waals surface area contributed by atoms with Crippen LogP contribution in [0.3, 0.4) is 0 Å². The number of esters is 1. The van der Waals surface area contributed by atoms with Crippen LogP contribution >= 0.6 is 34.8 Å². The topological polar surface area (TPSA) is 103 Å². The molecular weight excluding hydrogens is 637 g/mol. The number of hydrogen-bond acceptors (Lipinski definition) is 6. The number of anilines is 1. The summed E-state index contributed by atoms with van der Waals surface area (Å²) >= 11 is 19.0. The third-order valence-corrected chi connectivity index (χ3v) is 8.78. The van der Waals surface area contributed by atoms with Gasteiger partial charge in [0, 0.05) is 17.4 Å². The van der Waals surface area contributed by atoms with Gasteiger partial charge in [0.2, 0.25) is 0 Å². The molecule has 45 heavy (non-hydrogen) atoms. The van der Waals surface area contributed by atoms with Crippen molar-refractivity contribution in [2.45, 2.75) is 71.3 Å². The van der Waals surface area contributed by atoms with E-state index >= 15 is 0 Å². The Morgan fingerprint density at radius 2 is 1.80 bits per heavy atom. The van der Waals surface area contributed by atoms with Crippen molar-refractivity contribution in [2.75, 3.05) is 18.7 Å². The van der Waals surface area contributed by atoms with E-state index in [2.05, 4.69) is 41.5 Å². The standard InChI is InChI=1S/C33H40Cl3N5O4/c1-5-7-16-44-32(43)24(17-22(3)23-12-9-8-10-13-23)20-33(4,6-2)45-21-37-30-29(40-15-11-14-38-40)31(42)41(39-30)28-26(35)18-25(34)19-27(28)36/h8-15,18-19,22,24,37,39H,5-7,16-17,20-21H2,1-4H3. The van der Waals surface area contributed by atoms with E-state index < -0.39 is 11.2 Å². The Balaban J connectivity index is 1.55. The maximum atomic E-state index is 13.6. The van der Waals surface area contributed by atoms with E-state index in [-0.39, 0.29) is 46.0 Å². The van der Waals surface area contributed by atoms with Gasteiger partial charge in [0.1, 0.15) is 12.4 Å².